The van der Waals surface area contributed by atoms with Crippen LogP contribution in [0.2, 0.25) is 0 Å². The quantitative estimate of drug-likeness (QED) is 0.585. The van der Waals surface area contributed by atoms with E-state index >= 15 is 0 Å². The molecule has 0 unspecified atom stereocenters. The Balaban J connectivity index is 1.80. The Labute approximate surface area is 181 Å². The van der Waals surface area contributed by atoms with Crippen LogP contribution in [0.5, 0.6) is 17.2 Å². The molecule has 0 N–H and O–H groups in total. The summed E-state index contributed by atoms with van der Waals surface area (Å²) < 4.78 is 44.9. The molecule has 4 rings (SSSR count). The van der Waals surface area contributed by atoms with E-state index < -0.39 is 10.0 Å². The molecule has 0 atom stereocenters. The number of benzene rings is 3. The van der Waals surface area contributed by atoms with E-state index in [1.165, 1.54) is 16.4 Å². The first kappa shape index (κ1) is 20.6. The summed E-state index contributed by atoms with van der Waals surface area (Å²) >= 11 is 0. The van der Waals surface area contributed by atoms with Gasteiger partial charge in [-0.25, -0.2) is 8.42 Å². The van der Waals surface area contributed by atoms with Crippen LogP contribution < -0.4 is 18.5 Å². The highest BCUT2D eigenvalue weighted by Gasteiger charge is 2.28. The van der Waals surface area contributed by atoms with Gasteiger partial charge in [0.1, 0.15) is 19.0 Å². The second kappa shape index (κ2) is 8.58. The molecule has 3 aromatic carbocycles. The fourth-order valence-corrected chi connectivity index (χ4v) is 4.76. The molecule has 1 aliphatic heterocycles. The van der Waals surface area contributed by atoms with Crippen molar-refractivity contribution in [2.24, 2.45) is 0 Å². The molecule has 0 amide bonds. The summed E-state index contributed by atoms with van der Waals surface area (Å²) in [4.78, 5) is 0.0713. The molecule has 7 nitrogen and oxygen atoms in total. The number of fused-ring (bicyclic) bond motifs is 1. The van der Waals surface area contributed by atoms with E-state index in [0.717, 1.165) is 0 Å². The predicted octanol–water partition coefficient (Wildman–Crippen LogP) is 3.73. The van der Waals surface area contributed by atoms with Gasteiger partial charge in [-0.2, -0.15) is 5.26 Å². The van der Waals surface area contributed by atoms with Gasteiger partial charge in [0.25, 0.3) is 10.0 Å². The van der Waals surface area contributed by atoms with Crippen molar-refractivity contribution in [1.29, 1.82) is 5.26 Å². The molecule has 0 aromatic heterocycles. The summed E-state index contributed by atoms with van der Waals surface area (Å²) in [6, 6.07) is 20.3. The number of hydrogen-bond acceptors (Lipinski definition) is 6. The standard InChI is InChI=1S/C23H20N2O5S/c1-28-20-8-6-19(7-9-20)25(16-18-5-3-2-4-17(18)15-24)31(26,27)21-10-11-22-23(14-21)30-13-12-29-22/h2-11,14H,12-13,16H2,1H3. The zero-order valence-electron chi connectivity index (χ0n) is 16.8. The number of rotatable bonds is 6. The Bertz CT molecular complexity index is 1230. The fourth-order valence-electron chi connectivity index (χ4n) is 3.30. The lowest BCUT2D eigenvalue weighted by Gasteiger charge is -2.26. The van der Waals surface area contributed by atoms with Gasteiger partial charge < -0.3 is 14.2 Å². The van der Waals surface area contributed by atoms with Gasteiger partial charge in [-0.15, -0.1) is 0 Å². The van der Waals surface area contributed by atoms with Crippen LogP contribution in [0.25, 0.3) is 0 Å². The summed E-state index contributed by atoms with van der Waals surface area (Å²) in [5, 5.41) is 9.46. The van der Waals surface area contributed by atoms with Crippen molar-refractivity contribution in [3.05, 3.63) is 77.9 Å². The Morgan fingerprint density at radius 2 is 1.71 bits per heavy atom. The fraction of sp³-hybridized carbons (Fsp3) is 0.174. The van der Waals surface area contributed by atoms with Crippen molar-refractivity contribution in [2.75, 3.05) is 24.6 Å². The SMILES string of the molecule is COc1ccc(N(Cc2ccccc2C#N)S(=O)(=O)c2ccc3c(c2)OCCO3)cc1. The second-order valence-corrected chi connectivity index (χ2v) is 8.65. The molecule has 3 aromatic rings. The molecule has 0 radical (unpaired) electrons. The Hall–Kier alpha value is -3.70. The lowest BCUT2D eigenvalue weighted by atomic mass is 10.1. The highest BCUT2D eigenvalue weighted by Crippen LogP contribution is 2.35. The number of anilines is 1. The average Bonchev–Trinajstić information content (AvgIpc) is 2.82. The maximum atomic E-state index is 13.7. The third-order valence-electron chi connectivity index (χ3n) is 4.91. The molecular formula is C23H20N2O5S. The van der Waals surface area contributed by atoms with Gasteiger partial charge in [-0.1, -0.05) is 18.2 Å². The Kier molecular flexibility index (Phi) is 5.69. The normalized spacial score (nSPS) is 12.6. The van der Waals surface area contributed by atoms with Crippen molar-refractivity contribution in [2.45, 2.75) is 11.4 Å². The maximum Gasteiger partial charge on any atom is 0.264 e. The van der Waals surface area contributed by atoms with Gasteiger partial charge in [0, 0.05) is 6.07 Å². The van der Waals surface area contributed by atoms with Gasteiger partial charge >= 0.3 is 0 Å². The van der Waals surface area contributed by atoms with Crippen LogP contribution >= 0.6 is 0 Å². The molecule has 0 fully saturated rings. The average molecular weight is 436 g/mol. The lowest BCUT2D eigenvalue weighted by molar-refractivity contribution is 0.171. The van der Waals surface area contributed by atoms with Gasteiger partial charge in [0.05, 0.1) is 35.9 Å². The zero-order valence-corrected chi connectivity index (χ0v) is 17.6. The molecular weight excluding hydrogens is 416 g/mol. The Morgan fingerprint density at radius 1 is 1.00 bits per heavy atom. The van der Waals surface area contributed by atoms with E-state index in [1.54, 1.807) is 61.7 Å². The third kappa shape index (κ3) is 4.13. The second-order valence-electron chi connectivity index (χ2n) is 6.78. The minimum Gasteiger partial charge on any atom is -0.497 e. The summed E-state index contributed by atoms with van der Waals surface area (Å²) in [5.74, 6) is 1.51. The molecule has 0 saturated heterocycles. The van der Waals surface area contributed by atoms with Crippen molar-refractivity contribution in [1.82, 2.24) is 0 Å². The molecule has 1 heterocycles. The molecule has 0 saturated carbocycles. The number of sulfonamides is 1. The molecule has 1 aliphatic rings. The molecule has 8 heteroatoms. The van der Waals surface area contributed by atoms with Crippen molar-refractivity contribution >= 4 is 15.7 Å². The number of methoxy groups -OCH3 is 1. The minimum absolute atomic E-state index is 0.00711. The van der Waals surface area contributed by atoms with Crippen LogP contribution in [-0.2, 0) is 16.6 Å². The van der Waals surface area contributed by atoms with Crippen LogP contribution in [0.4, 0.5) is 5.69 Å². The first-order valence-corrected chi connectivity index (χ1v) is 11.0. The molecule has 0 aliphatic carbocycles. The largest absolute Gasteiger partial charge is 0.497 e. The minimum atomic E-state index is -3.98. The van der Waals surface area contributed by atoms with Crippen LogP contribution in [0.15, 0.2) is 71.6 Å². The smallest absolute Gasteiger partial charge is 0.264 e. The van der Waals surface area contributed by atoms with Crippen LogP contribution in [0.1, 0.15) is 11.1 Å². The Morgan fingerprint density at radius 3 is 2.42 bits per heavy atom. The monoisotopic (exact) mass is 436 g/mol. The lowest BCUT2D eigenvalue weighted by Crippen LogP contribution is -2.31. The molecule has 0 bridgehead atoms. The first-order valence-electron chi connectivity index (χ1n) is 9.57. The van der Waals surface area contributed by atoms with E-state index in [9.17, 15) is 13.7 Å². The van der Waals surface area contributed by atoms with Crippen LogP contribution in [0.3, 0.4) is 0 Å². The highest BCUT2D eigenvalue weighted by atomic mass is 32.2. The molecule has 158 valence electrons. The number of ether oxygens (including phenoxy) is 3. The first-order chi connectivity index (χ1) is 15.0. The van der Waals surface area contributed by atoms with E-state index in [4.69, 9.17) is 14.2 Å². The van der Waals surface area contributed by atoms with Gasteiger partial charge in [-0.05, 0) is 48.0 Å². The zero-order chi connectivity index (χ0) is 21.8. The third-order valence-corrected chi connectivity index (χ3v) is 6.68. The van der Waals surface area contributed by atoms with Crippen molar-refractivity contribution in [3.63, 3.8) is 0 Å². The van der Waals surface area contributed by atoms with Crippen LogP contribution in [-0.4, -0.2) is 28.7 Å². The van der Waals surface area contributed by atoms with Crippen LogP contribution in [0, 0.1) is 11.3 Å². The van der Waals surface area contributed by atoms with Crippen molar-refractivity contribution < 1.29 is 22.6 Å². The highest BCUT2D eigenvalue weighted by molar-refractivity contribution is 7.92. The maximum absolute atomic E-state index is 13.7. The van der Waals surface area contributed by atoms with E-state index in [-0.39, 0.29) is 11.4 Å². The summed E-state index contributed by atoms with van der Waals surface area (Å²) in [7, 11) is -2.44. The predicted molar refractivity (Wildman–Crippen MR) is 115 cm³/mol. The van der Waals surface area contributed by atoms with E-state index in [2.05, 4.69) is 6.07 Å². The topological polar surface area (TPSA) is 88.9 Å². The van der Waals surface area contributed by atoms with E-state index in [1.807, 2.05) is 0 Å². The molecule has 31 heavy (non-hydrogen) atoms. The number of nitrogens with zero attached hydrogens (tertiary/aromatic N) is 2. The molecule has 0 spiro atoms. The van der Waals surface area contributed by atoms with E-state index in [0.29, 0.717) is 47.3 Å². The number of hydrogen-bond donors (Lipinski definition) is 0. The van der Waals surface area contributed by atoms with Gasteiger partial charge in [-0.3, -0.25) is 4.31 Å². The van der Waals surface area contributed by atoms with Gasteiger partial charge in [0.2, 0.25) is 0 Å². The number of nitriles is 1. The summed E-state index contributed by atoms with van der Waals surface area (Å²) in [6.45, 7) is 0.767. The van der Waals surface area contributed by atoms with Gasteiger partial charge in [0.15, 0.2) is 11.5 Å². The van der Waals surface area contributed by atoms with Crippen molar-refractivity contribution in [3.8, 4) is 23.3 Å². The summed E-state index contributed by atoms with van der Waals surface area (Å²) in [5.41, 5.74) is 1.46. The summed E-state index contributed by atoms with van der Waals surface area (Å²) in [6.07, 6.45) is 0.